The lowest BCUT2D eigenvalue weighted by molar-refractivity contribution is 0.0952. The highest BCUT2D eigenvalue weighted by Gasteiger charge is 2.18. The number of pyridine rings is 1. The molecule has 0 spiro atoms. The molecule has 1 aromatic heterocycles. The van der Waals surface area contributed by atoms with E-state index in [1.165, 1.54) is 0 Å². The van der Waals surface area contributed by atoms with Gasteiger partial charge in [-0.05, 0) is 24.5 Å². The number of anilines is 1. The van der Waals surface area contributed by atoms with Crippen molar-refractivity contribution in [1.29, 1.82) is 0 Å². The van der Waals surface area contributed by atoms with E-state index in [1.807, 2.05) is 6.07 Å². The molecule has 0 aliphatic carbocycles. The Labute approximate surface area is 115 Å². The molecule has 19 heavy (non-hydrogen) atoms. The molecule has 0 bridgehead atoms. The van der Waals surface area contributed by atoms with E-state index in [2.05, 4.69) is 44.9 Å². The number of rotatable bonds is 4. The summed E-state index contributed by atoms with van der Waals surface area (Å²) in [6, 6.07) is 3.45. The lowest BCUT2D eigenvalue weighted by Crippen LogP contribution is -2.26. The molecule has 1 heterocycles. The molecule has 0 aromatic carbocycles. The quantitative estimate of drug-likeness (QED) is 0.877. The van der Waals surface area contributed by atoms with E-state index in [1.54, 1.807) is 6.07 Å². The summed E-state index contributed by atoms with van der Waals surface area (Å²) in [7, 11) is 0. The number of aromatic nitrogens is 1. The topological polar surface area (TPSA) is 68.0 Å². The summed E-state index contributed by atoms with van der Waals surface area (Å²) in [6.07, 6.45) is 0.971. The van der Waals surface area contributed by atoms with E-state index in [0.29, 0.717) is 23.8 Å². The smallest absolute Gasteiger partial charge is 0.251 e. The van der Waals surface area contributed by atoms with Crippen molar-refractivity contribution in [3.05, 3.63) is 23.4 Å². The maximum Gasteiger partial charge on any atom is 0.251 e. The van der Waals surface area contributed by atoms with E-state index in [9.17, 15) is 4.79 Å². The third-order valence-corrected chi connectivity index (χ3v) is 2.88. The third kappa shape index (κ3) is 4.89. The molecule has 3 N–H and O–H groups in total. The predicted octanol–water partition coefficient (Wildman–Crippen LogP) is 2.74. The zero-order valence-corrected chi connectivity index (χ0v) is 12.6. The van der Waals surface area contributed by atoms with Crippen molar-refractivity contribution in [2.24, 2.45) is 5.92 Å². The molecule has 0 saturated heterocycles. The van der Waals surface area contributed by atoms with Crippen LogP contribution >= 0.6 is 0 Å². The lowest BCUT2D eigenvalue weighted by atomic mass is 9.90. The molecule has 1 aromatic rings. The molecule has 4 nitrogen and oxygen atoms in total. The molecule has 0 aliphatic heterocycles. The number of carbonyl (C=O) groups is 1. The van der Waals surface area contributed by atoms with Crippen molar-refractivity contribution in [1.82, 2.24) is 10.3 Å². The van der Waals surface area contributed by atoms with Gasteiger partial charge in [0.2, 0.25) is 0 Å². The lowest BCUT2D eigenvalue weighted by Gasteiger charge is -2.19. The zero-order valence-electron chi connectivity index (χ0n) is 12.6. The number of nitrogens with one attached hydrogen (secondary N) is 1. The van der Waals surface area contributed by atoms with Crippen LogP contribution in [0, 0.1) is 5.92 Å². The van der Waals surface area contributed by atoms with Crippen LogP contribution in [0.25, 0.3) is 0 Å². The highest BCUT2D eigenvalue weighted by Crippen LogP contribution is 2.22. The normalized spacial score (nSPS) is 11.7. The summed E-state index contributed by atoms with van der Waals surface area (Å²) in [5.41, 5.74) is 7.08. The summed E-state index contributed by atoms with van der Waals surface area (Å²) in [5, 5.41) is 2.91. The van der Waals surface area contributed by atoms with Gasteiger partial charge in [0.15, 0.2) is 0 Å². The van der Waals surface area contributed by atoms with Crippen LogP contribution in [0.5, 0.6) is 0 Å². The second-order valence-corrected chi connectivity index (χ2v) is 6.35. The Morgan fingerprint density at radius 3 is 2.53 bits per heavy atom. The van der Waals surface area contributed by atoms with Crippen LogP contribution in [-0.2, 0) is 5.41 Å². The average molecular weight is 263 g/mol. The fraction of sp³-hybridized carbons (Fsp3) is 0.600. The molecule has 0 atom stereocenters. The van der Waals surface area contributed by atoms with Gasteiger partial charge < -0.3 is 11.1 Å². The van der Waals surface area contributed by atoms with Crippen molar-refractivity contribution in [2.75, 3.05) is 12.3 Å². The minimum Gasteiger partial charge on any atom is -0.384 e. The van der Waals surface area contributed by atoms with Crippen LogP contribution in [0.2, 0.25) is 0 Å². The summed E-state index contributed by atoms with van der Waals surface area (Å²) in [5.74, 6) is 0.884. The first kappa shape index (κ1) is 15.5. The molecular formula is C15H25N3O. The van der Waals surface area contributed by atoms with E-state index in [-0.39, 0.29) is 11.3 Å². The average Bonchev–Trinajstić information content (AvgIpc) is 2.26. The van der Waals surface area contributed by atoms with Crippen LogP contribution in [0.1, 0.15) is 57.1 Å². The van der Waals surface area contributed by atoms with Gasteiger partial charge >= 0.3 is 0 Å². The molecule has 4 heteroatoms. The summed E-state index contributed by atoms with van der Waals surface area (Å²) in [4.78, 5) is 16.4. The Hall–Kier alpha value is -1.58. The molecule has 106 valence electrons. The maximum absolute atomic E-state index is 12.1. The van der Waals surface area contributed by atoms with Crippen LogP contribution in [0.4, 0.5) is 5.82 Å². The van der Waals surface area contributed by atoms with Crippen molar-refractivity contribution >= 4 is 11.7 Å². The largest absolute Gasteiger partial charge is 0.384 e. The van der Waals surface area contributed by atoms with Gasteiger partial charge in [-0.1, -0.05) is 34.6 Å². The molecule has 1 rings (SSSR count). The Morgan fingerprint density at radius 2 is 2.00 bits per heavy atom. The summed E-state index contributed by atoms with van der Waals surface area (Å²) in [6.45, 7) is 11.1. The van der Waals surface area contributed by atoms with Gasteiger partial charge in [-0.25, -0.2) is 4.98 Å². The fourth-order valence-corrected chi connectivity index (χ4v) is 1.64. The monoisotopic (exact) mass is 263 g/mol. The SMILES string of the molecule is CC(C)CCNC(=O)c1cc(N)nc(C(C)(C)C)c1. The van der Waals surface area contributed by atoms with Gasteiger partial charge in [-0.15, -0.1) is 0 Å². The number of nitrogens with zero attached hydrogens (tertiary/aromatic N) is 1. The van der Waals surface area contributed by atoms with Crippen LogP contribution in [-0.4, -0.2) is 17.4 Å². The number of hydrogen-bond acceptors (Lipinski definition) is 3. The molecule has 1 amide bonds. The van der Waals surface area contributed by atoms with Crippen molar-refractivity contribution in [3.63, 3.8) is 0 Å². The second kappa shape index (κ2) is 6.04. The molecule has 0 fully saturated rings. The van der Waals surface area contributed by atoms with E-state index in [4.69, 9.17) is 5.73 Å². The maximum atomic E-state index is 12.1. The summed E-state index contributed by atoms with van der Waals surface area (Å²) < 4.78 is 0. The summed E-state index contributed by atoms with van der Waals surface area (Å²) >= 11 is 0. The molecule has 0 unspecified atom stereocenters. The molecular weight excluding hydrogens is 238 g/mol. The highest BCUT2D eigenvalue weighted by atomic mass is 16.1. The first-order valence-corrected chi connectivity index (χ1v) is 6.76. The first-order chi connectivity index (χ1) is 8.70. The van der Waals surface area contributed by atoms with Gasteiger partial charge in [0.25, 0.3) is 5.91 Å². The van der Waals surface area contributed by atoms with Crippen molar-refractivity contribution in [3.8, 4) is 0 Å². The predicted molar refractivity (Wildman–Crippen MR) is 79.1 cm³/mol. The fourth-order valence-electron chi connectivity index (χ4n) is 1.64. The van der Waals surface area contributed by atoms with Crippen LogP contribution < -0.4 is 11.1 Å². The van der Waals surface area contributed by atoms with Crippen molar-refractivity contribution in [2.45, 2.75) is 46.5 Å². The number of carbonyl (C=O) groups excluding carboxylic acids is 1. The minimum atomic E-state index is -0.123. The van der Waals surface area contributed by atoms with E-state index in [0.717, 1.165) is 12.1 Å². The van der Waals surface area contributed by atoms with Gasteiger partial charge in [0.05, 0.1) is 0 Å². The van der Waals surface area contributed by atoms with Crippen LogP contribution in [0.15, 0.2) is 12.1 Å². The first-order valence-electron chi connectivity index (χ1n) is 6.76. The number of nitrogens with two attached hydrogens (primary N) is 1. The van der Waals surface area contributed by atoms with Gasteiger partial charge in [-0.3, -0.25) is 4.79 Å². The zero-order chi connectivity index (χ0) is 14.6. The van der Waals surface area contributed by atoms with Gasteiger partial charge in [0.1, 0.15) is 5.82 Å². The van der Waals surface area contributed by atoms with Crippen LogP contribution in [0.3, 0.4) is 0 Å². The van der Waals surface area contributed by atoms with E-state index < -0.39 is 0 Å². The Morgan fingerprint density at radius 1 is 1.37 bits per heavy atom. The number of hydrogen-bond donors (Lipinski definition) is 2. The molecule has 0 saturated carbocycles. The Kier molecular flexibility index (Phi) is 4.92. The number of amides is 1. The molecule has 0 radical (unpaired) electrons. The Balaban J connectivity index is 2.83. The standard InChI is InChI=1S/C15H25N3O/c1-10(2)6-7-17-14(19)11-8-12(15(3,4)5)18-13(16)9-11/h8-10H,6-7H2,1-5H3,(H2,16,18)(H,17,19). The van der Waals surface area contributed by atoms with Gasteiger partial charge in [-0.2, -0.15) is 0 Å². The van der Waals surface area contributed by atoms with Gasteiger partial charge in [0, 0.05) is 23.2 Å². The third-order valence-electron chi connectivity index (χ3n) is 2.88. The van der Waals surface area contributed by atoms with E-state index >= 15 is 0 Å². The highest BCUT2D eigenvalue weighted by molar-refractivity contribution is 5.94. The van der Waals surface area contributed by atoms with Crippen molar-refractivity contribution < 1.29 is 4.79 Å². The minimum absolute atomic E-state index is 0.0831. The second-order valence-electron chi connectivity index (χ2n) is 6.35. The Bertz CT molecular complexity index is 447. The molecule has 0 aliphatic rings. The number of nitrogen functional groups attached to an aromatic ring is 1.